The minimum atomic E-state index is -0.772. The van der Waals surface area contributed by atoms with E-state index < -0.39 is 17.5 Å². The highest BCUT2D eigenvalue weighted by molar-refractivity contribution is 7.22. The number of rotatable bonds is 2. The van der Waals surface area contributed by atoms with E-state index in [9.17, 15) is 13.6 Å². The van der Waals surface area contributed by atoms with Crippen molar-refractivity contribution < 1.29 is 18.1 Å². The Morgan fingerprint density at radius 2 is 2.21 bits per heavy atom. The number of benzene rings is 1. The van der Waals surface area contributed by atoms with Crippen molar-refractivity contribution in [1.82, 2.24) is 10.1 Å². The van der Waals surface area contributed by atoms with Crippen molar-refractivity contribution in [3.8, 4) is 0 Å². The highest BCUT2D eigenvalue weighted by Crippen LogP contribution is 2.28. The number of fused-ring (bicyclic) bond motifs is 1. The number of hydrogen-bond acceptors (Lipinski definition) is 5. The van der Waals surface area contributed by atoms with Crippen LogP contribution in [0, 0.1) is 11.6 Å². The van der Waals surface area contributed by atoms with Crippen molar-refractivity contribution in [2.75, 3.05) is 5.32 Å². The quantitative estimate of drug-likeness (QED) is 0.784. The smallest absolute Gasteiger partial charge is 0.296 e. The van der Waals surface area contributed by atoms with Gasteiger partial charge in [-0.2, -0.15) is 0 Å². The molecule has 19 heavy (non-hydrogen) atoms. The van der Waals surface area contributed by atoms with E-state index in [-0.39, 0.29) is 16.4 Å². The van der Waals surface area contributed by atoms with Crippen molar-refractivity contribution >= 4 is 32.6 Å². The lowest BCUT2D eigenvalue weighted by atomic mass is 10.3. The molecule has 1 aromatic carbocycles. The summed E-state index contributed by atoms with van der Waals surface area (Å²) >= 11 is 0.966. The summed E-state index contributed by atoms with van der Waals surface area (Å²) in [6.45, 7) is 0. The van der Waals surface area contributed by atoms with Crippen LogP contribution in [0.5, 0.6) is 0 Å². The van der Waals surface area contributed by atoms with E-state index in [2.05, 4.69) is 20.0 Å². The molecule has 0 atom stereocenters. The van der Waals surface area contributed by atoms with Gasteiger partial charge in [-0.1, -0.05) is 16.5 Å². The van der Waals surface area contributed by atoms with Crippen LogP contribution in [0.1, 0.15) is 10.6 Å². The van der Waals surface area contributed by atoms with Gasteiger partial charge < -0.3 is 4.52 Å². The van der Waals surface area contributed by atoms with Gasteiger partial charge in [0, 0.05) is 12.1 Å². The van der Waals surface area contributed by atoms with Gasteiger partial charge in [-0.15, -0.1) is 0 Å². The summed E-state index contributed by atoms with van der Waals surface area (Å²) in [6.07, 6.45) is 1.32. The molecule has 0 fully saturated rings. The Labute approximate surface area is 108 Å². The highest BCUT2D eigenvalue weighted by atomic mass is 32.1. The zero-order chi connectivity index (χ0) is 13.4. The number of amides is 1. The van der Waals surface area contributed by atoms with Crippen LogP contribution < -0.4 is 5.32 Å². The third-order valence-corrected chi connectivity index (χ3v) is 3.21. The number of thiazole rings is 1. The van der Waals surface area contributed by atoms with E-state index in [1.165, 1.54) is 12.3 Å². The predicted molar refractivity (Wildman–Crippen MR) is 64.0 cm³/mol. The number of hydrogen-bond donors (Lipinski definition) is 1. The largest absolute Gasteiger partial charge is 0.351 e. The normalized spacial score (nSPS) is 10.8. The van der Waals surface area contributed by atoms with Crippen LogP contribution in [0.3, 0.4) is 0 Å². The number of carbonyl (C=O) groups excluding carboxylic acids is 1. The number of nitrogens with zero attached hydrogens (tertiary/aromatic N) is 2. The standard InChI is InChI=1S/C11H5F2N3O2S/c12-5-3-6(13)9-8(4-5)19-11(15-9)16-10(17)7-1-2-14-18-7/h1-4H,(H,15,16,17). The average Bonchev–Trinajstić information content (AvgIpc) is 2.96. The van der Waals surface area contributed by atoms with Crippen LogP contribution in [0.15, 0.2) is 28.9 Å². The molecule has 0 saturated heterocycles. The minimum absolute atomic E-state index is 0.00547. The first-order valence-corrected chi connectivity index (χ1v) is 5.93. The Morgan fingerprint density at radius 1 is 1.37 bits per heavy atom. The molecule has 0 spiro atoms. The summed E-state index contributed by atoms with van der Waals surface area (Å²) in [7, 11) is 0. The van der Waals surface area contributed by atoms with Crippen molar-refractivity contribution in [1.29, 1.82) is 0 Å². The molecule has 0 bridgehead atoms. The molecule has 8 heteroatoms. The molecule has 96 valence electrons. The number of anilines is 1. The van der Waals surface area contributed by atoms with E-state index in [1.807, 2.05) is 0 Å². The zero-order valence-corrected chi connectivity index (χ0v) is 10.0. The Bertz CT molecular complexity index is 755. The van der Waals surface area contributed by atoms with Crippen molar-refractivity contribution in [2.24, 2.45) is 0 Å². The molecular formula is C11H5F2N3O2S. The molecule has 1 N–H and O–H groups in total. The van der Waals surface area contributed by atoms with Gasteiger partial charge in [-0.25, -0.2) is 13.8 Å². The SMILES string of the molecule is O=C(Nc1nc2c(F)cc(F)cc2s1)c1ccno1. The fourth-order valence-corrected chi connectivity index (χ4v) is 2.40. The number of aromatic nitrogens is 2. The first-order valence-electron chi connectivity index (χ1n) is 5.11. The molecule has 2 aromatic heterocycles. The molecule has 3 aromatic rings. The van der Waals surface area contributed by atoms with E-state index in [1.54, 1.807) is 0 Å². The summed E-state index contributed by atoms with van der Waals surface area (Å²) in [6, 6.07) is 3.27. The third kappa shape index (κ3) is 2.17. The number of halogens is 2. The van der Waals surface area contributed by atoms with Gasteiger partial charge in [-0.3, -0.25) is 10.1 Å². The molecule has 5 nitrogen and oxygen atoms in total. The van der Waals surface area contributed by atoms with Gasteiger partial charge in [0.2, 0.25) is 5.76 Å². The molecular weight excluding hydrogens is 276 g/mol. The summed E-state index contributed by atoms with van der Waals surface area (Å²) in [4.78, 5) is 15.5. The summed E-state index contributed by atoms with van der Waals surface area (Å²) < 4.78 is 31.4. The van der Waals surface area contributed by atoms with E-state index in [0.717, 1.165) is 23.5 Å². The third-order valence-electron chi connectivity index (χ3n) is 2.30. The lowest BCUT2D eigenvalue weighted by molar-refractivity contribution is 0.0988. The molecule has 2 heterocycles. The number of carbonyl (C=O) groups is 1. The van der Waals surface area contributed by atoms with Crippen LogP contribution in [0.25, 0.3) is 10.2 Å². The monoisotopic (exact) mass is 281 g/mol. The van der Waals surface area contributed by atoms with Crippen molar-refractivity contribution in [2.45, 2.75) is 0 Å². The van der Waals surface area contributed by atoms with E-state index >= 15 is 0 Å². The molecule has 1 amide bonds. The molecule has 0 aliphatic heterocycles. The molecule has 0 aliphatic carbocycles. The molecule has 3 rings (SSSR count). The van der Waals surface area contributed by atoms with E-state index in [4.69, 9.17) is 0 Å². The van der Waals surface area contributed by atoms with Gasteiger partial charge in [0.1, 0.15) is 11.3 Å². The van der Waals surface area contributed by atoms with Gasteiger partial charge in [-0.05, 0) is 6.07 Å². The lowest BCUT2D eigenvalue weighted by Gasteiger charge is -1.95. The maximum Gasteiger partial charge on any atom is 0.296 e. The molecule has 0 saturated carbocycles. The first-order chi connectivity index (χ1) is 9.13. The topological polar surface area (TPSA) is 68.0 Å². The maximum absolute atomic E-state index is 13.4. The maximum atomic E-state index is 13.4. The first kappa shape index (κ1) is 11.7. The zero-order valence-electron chi connectivity index (χ0n) is 9.18. The molecule has 0 aliphatic rings. The van der Waals surface area contributed by atoms with E-state index in [0.29, 0.717) is 4.70 Å². The fourth-order valence-electron chi connectivity index (χ4n) is 1.50. The number of nitrogens with one attached hydrogen (secondary N) is 1. The van der Waals surface area contributed by atoms with Crippen LogP contribution in [0.4, 0.5) is 13.9 Å². The fraction of sp³-hybridized carbons (Fsp3) is 0. The Morgan fingerprint density at radius 3 is 2.95 bits per heavy atom. The minimum Gasteiger partial charge on any atom is -0.351 e. The van der Waals surface area contributed by atoms with Gasteiger partial charge in [0.15, 0.2) is 10.9 Å². The molecule has 0 unspecified atom stereocenters. The van der Waals surface area contributed by atoms with Crippen LogP contribution in [-0.2, 0) is 0 Å². The van der Waals surface area contributed by atoms with Crippen molar-refractivity contribution in [3.63, 3.8) is 0 Å². The summed E-state index contributed by atoms with van der Waals surface area (Å²) in [5, 5.41) is 5.97. The van der Waals surface area contributed by atoms with Crippen LogP contribution in [-0.4, -0.2) is 16.0 Å². The van der Waals surface area contributed by atoms with Gasteiger partial charge in [0.05, 0.1) is 10.9 Å². The van der Waals surface area contributed by atoms with Crippen LogP contribution >= 0.6 is 11.3 Å². The lowest BCUT2D eigenvalue weighted by Crippen LogP contribution is -2.10. The second-order valence-corrected chi connectivity index (χ2v) is 4.61. The highest BCUT2D eigenvalue weighted by Gasteiger charge is 2.15. The van der Waals surface area contributed by atoms with Gasteiger partial charge >= 0.3 is 0 Å². The Kier molecular flexibility index (Phi) is 2.71. The predicted octanol–water partition coefficient (Wildman–Crippen LogP) is 2.81. The van der Waals surface area contributed by atoms with Gasteiger partial charge in [0.25, 0.3) is 5.91 Å². The average molecular weight is 281 g/mol. The molecule has 0 radical (unpaired) electrons. The van der Waals surface area contributed by atoms with Crippen LogP contribution in [0.2, 0.25) is 0 Å². The summed E-state index contributed by atoms with van der Waals surface area (Å²) in [5.41, 5.74) is 0.0132. The Balaban J connectivity index is 1.94. The van der Waals surface area contributed by atoms with Crippen molar-refractivity contribution in [3.05, 3.63) is 41.8 Å². The second kappa shape index (κ2) is 4.39. The Hall–Kier alpha value is -2.35. The summed E-state index contributed by atoms with van der Waals surface area (Å²) in [5.74, 6) is -2.02. The second-order valence-electron chi connectivity index (χ2n) is 3.58.